The van der Waals surface area contributed by atoms with Gasteiger partial charge in [-0.25, -0.2) is 8.42 Å². The van der Waals surface area contributed by atoms with Crippen LogP contribution in [0, 0.1) is 6.92 Å². The van der Waals surface area contributed by atoms with Crippen molar-refractivity contribution in [1.29, 1.82) is 0 Å². The van der Waals surface area contributed by atoms with Gasteiger partial charge in [-0.05, 0) is 36.8 Å². The molecule has 0 saturated carbocycles. The van der Waals surface area contributed by atoms with E-state index < -0.39 is 22.5 Å². The van der Waals surface area contributed by atoms with Gasteiger partial charge in [0.05, 0.1) is 31.9 Å². The van der Waals surface area contributed by atoms with Crippen molar-refractivity contribution >= 4 is 27.3 Å². The average Bonchev–Trinajstić information content (AvgIpc) is 2.59. The van der Waals surface area contributed by atoms with Crippen LogP contribution in [0.4, 0.5) is 11.4 Å². The van der Waals surface area contributed by atoms with Gasteiger partial charge < -0.3 is 14.8 Å². The molecule has 0 aromatic heterocycles. The first-order valence-corrected chi connectivity index (χ1v) is 9.66. The Balaban J connectivity index is 2.30. The number of anilines is 2. The normalized spacial score (nSPS) is 10.9. The first-order valence-electron chi connectivity index (χ1n) is 7.81. The molecule has 7 nitrogen and oxygen atoms in total. The monoisotopic (exact) mass is 378 g/mol. The number of carbonyl (C=O) groups excluding carboxylic acids is 1. The Kier molecular flexibility index (Phi) is 6.10. The molecule has 0 heterocycles. The molecular formula is C18H22N2O5S. The molecule has 2 aromatic rings. The fourth-order valence-corrected chi connectivity index (χ4v) is 3.32. The molecule has 0 unspecified atom stereocenters. The van der Waals surface area contributed by atoms with Gasteiger partial charge in [0.15, 0.2) is 0 Å². The van der Waals surface area contributed by atoms with Crippen molar-refractivity contribution in [3.8, 4) is 11.5 Å². The van der Waals surface area contributed by atoms with Gasteiger partial charge in [0.25, 0.3) is 0 Å². The van der Waals surface area contributed by atoms with E-state index in [-0.39, 0.29) is 0 Å². The van der Waals surface area contributed by atoms with Crippen molar-refractivity contribution < 1.29 is 22.7 Å². The van der Waals surface area contributed by atoms with Crippen molar-refractivity contribution in [3.63, 3.8) is 0 Å². The highest BCUT2D eigenvalue weighted by Gasteiger charge is 2.24. The van der Waals surface area contributed by atoms with E-state index in [4.69, 9.17) is 9.47 Å². The SMILES string of the molecule is COc1ccc(C)cc1NC(=O)CN(c1ccccc1OC)S(C)(=O)=O. The van der Waals surface area contributed by atoms with Crippen LogP contribution in [-0.4, -0.2) is 41.3 Å². The van der Waals surface area contributed by atoms with Crippen LogP contribution in [0.15, 0.2) is 42.5 Å². The van der Waals surface area contributed by atoms with E-state index >= 15 is 0 Å². The zero-order valence-corrected chi connectivity index (χ0v) is 16.0. The third-order valence-corrected chi connectivity index (χ3v) is 4.80. The minimum atomic E-state index is -3.70. The lowest BCUT2D eigenvalue weighted by atomic mass is 10.2. The van der Waals surface area contributed by atoms with Crippen LogP contribution in [0.5, 0.6) is 11.5 Å². The molecule has 0 spiro atoms. The minimum absolute atomic E-state index is 0.295. The van der Waals surface area contributed by atoms with Crippen LogP contribution >= 0.6 is 0 Å². The van der Waals surface area contributed by atoms with Gasteiger partial charge >= 0.3 is 0 Å². The summed E-state index contributed by atoms with van der Waals surface area (Å²) in [6.07, 6.45) is 1.04. The van der Waals surface area contributed by atoms with E-state index in [0.29, 0.717) is 22.9 Å². The second kappa shape index (κ2) is 8.09. The molecule has 26 heavy (non-hydrogen) atoms. The molecule has 1 N–H and O–H groups in total. The minimum Gasteiger partial charge on any atom is -0.495 e. The van der Waals surface area contributed by atoms with E-state index in [2.05, 4.69) is 5.32 Å². The Morgan fingerprint density at radius 1 is 1.08 bits per heavy atom. The molecular weight excluding hydrogens is 356 g/mol. The Hall–Kier alpha value is -2.74. The van der Waals surface area contributed by atoms with Crippen LogP contribution in [-0.2, 0) is 14.8 Å². The summed E-state index contributed by atoms with van der Waals surface area (Å²) in [7, 11) is -0.761. The lowest BCUT2D eigenvalue weighted by Gasteiger charge is -2.23. The number of amides is 1. The lowest BCUT2D eigenvalue weighted by Crippen LogP contribution is -2.37. The zero-order chi connectivity index (χ0) is 19.3. The van der Waals surface area contributed by atoms with Crippen LogP contribution in [0.2, 0.25) is 0 Å². The van der Waals surface area contributed by atoms with Crippen molar-refractivity contribution in [2.45, 2.75) is 6.92 Å². The maximum atomic E-state index is 12.5. The Morgan fingerprint density at radius 3 is 2.35 bits per heavy atom. The van der Waals surface area contributed by atoms with E-state index in [0.717, 1.165) is 16.1 Å². The molecule has 1 amide bonds. The largest absolute Gasteiger partial charge is 0.495 e. The summed E-state index contributed by atoms with van der Waals surface area (Å²) in [4.78, 5) is 12.5. The summed E-state index contributed by atoms with van der Waals surface area (Å²) in [5.74, 6) is 0.358. The van der Waals surface area contributed by atoms with Gasteiger partial charge in [0, 0.05) is 0 Å². The maximum absolute atomic E-state index is 12.5. The molecule has 0 saturated heterocycles. The molecule has 0 aliphatic rings. The first-order chi connectivity index (χ1) is 12.3. The number of hydrogen-bond donors (Lipinski definition) is 1. The van der Waals surface area contributed by atoms with E-state index in [1.165, 1.54) is 14.2 Å². The Morgan fingerprint density at radius 2 is 1.73 bits per heavy atom. The van der Waals surface area contributed by atoms with Gasteiger partial charge in [-0.3, -0.25) is 9.10 Å². The van der Waals surface area contributed by atoms with Gasteiger partial charge in [-0.2, -0.15) is 0 Å². The predicted octanol–water partition coefficient (Wildman–Crippen LogP) is 2.42. The molecule has 0 atom stereocenters. The third kappa shape index (κ3) is 4.66. The molecule has 8 heteroatoms. The number of benzene rings is 2. The van der Waals surface area contributed by atoms with Crippen molar-refractivity contribution in [2.24, 2.45) is 0 Å². The molecule has 0 fully saturated rings. The van der Waals surface area contributed by atoms with Crippen LogP contribution < -0.4 is 19.1 Å². The molecule has 2 rings (SSSR count). The molecule has 0 aliphatic carbocycles. The fraction of sp³-hybridized carbons (Fsp3) is 0.278. The molecule has 140 valence electrons. The maximum Gasteiger partial charge on any atom is 0.245 e. The van der Waals surface area contributed by atoms with Gasteiger partial charge in [-0.1, -0.05) is 18.2 Å². The third-order valence-electron chi connectivity index (χ3n) is 3.67. The standard InChI is InChI=1S/C18H22N2O5S/c1-13-9-10-16(24-2)14(11-13)19-18(21)12-20(26(4,22)23)15-7-5-6-8-17(15)25-3/h5-11H,12H2,1-4H3,(H,19,21). The predicted molar refractivity (Wildman–Crippen MR) is 102 cm³/mol. The van der Waals surface area contributed by atoms with Gasteiger partial charge in [0.1, 0.15) is 18.0 Å². The van der Waals surface area contributed by atoms with Gasteiger partial charge in [0.2, 0.25) is 15.9 Å². The first kappa shape index (κ1) is 19.6. The number of para-hydroxylation sites is 2. The summed E-state index contributed by atoms with van der Waals surface area (Å²) in [6.45, 7) is 1.49. The highest BCUT2D eigenvalue weighted by atomic mass is 32.2. The highest BCUT2D eigenvalue weighted by Crippen LogP contribution is 2.30. The number of hydrogen-bond acceptors (Lipinski definition) is 5. The lowest BCUT2D eigenvalue weighted by molar-refractivity contribution is -0.114. The average molecular weight is 378 g/mol. The summed E-state index contributed by atoms with van der Waals surface area (Å²) in [5.41, 5.74) is 1.71. The number of aryl methyl sites for hydroxylation is 1. The summed E-state index contributed by atoms with van der Waals surface area (Å²) < 4.78 is 35.9. The second-order valence-electron chi connectivity index (χ2n) is 5.69. The molecule has 0 aliphatic heterocycles. The number of carbonyl (C=O) groups is 1. The summed E-state index contributed by atoms with van der Waals surface area (Å²) in [6, 6.07) is 12.0. The summed E-state index contributed by atoms with van der Waals surface area (Å²) >= 11 is 0. The van der Waals surface area contributed by atoms with Crippen molar-refractivity contribution in [2.75, 3.05) is 36.6 Å². The highest BCUT2D eigenvalue weighted by molar-refractivity contribution is 7.92. The quantitative estimate of drug-likeness (QED) is 0.800. The number of rotatable bonds is 7. The topological polar surface area (TPSA) is 84.9 Å². The molecule has 0 radical (unpaired) electrons. The van der Waals surface area contributed by atoms with E-state index in [9.17, 15) is 13.2 Å². The Bertz CT molecular complexity index is 896. The second-order valence-corrected chi connectivity index (χ2v) is 7.60. The number of ether oxygens (including phenoxy) is 2. The van der Waals surface area contributed by atoms with Crippen molar-refractivity contribution in [3.05, 3.63) is 48.0 Å². The van der Waals surface area contributed by atoms with Crippen LogP contribution in [0.25, 0.3) is 0 Å². The smallest absolute Gasteiger partial charge is 0.245 e. The van der Waals surface area contributed by atoms with Gasteiger partial charge in [-0.15, -0.1) is 0 Å². The van der Waals surface area contributed by atoms with Crippen LogP contribution in [0.3, 0.4) is 0 Å². The summed E-state index contributed by atoms with van der Waals surface area (Å²) in [5, 5.41) is 2.70. The number of nitrogens with zero attached hydrogens (tertiary/aromatic N) is 1. The number of nitrogens with one attached hydrogen (secondary N) is 1. The fourth-order valence-electron chi connectivity index (χ4n) is 2.46. The van der Waals surface area contributed by atoms with Crippen LogP contribution in [0.1, 0.15) is 5.56 Å². The zero-order valence-electron chi connectivity index (χ0n) is 15.1. The van der Waals surface area contributed by atoms with E-state index in [1.54, 1.807) is 36.4 Å². The molecule has 2 aromatic carbocycles. The van der Waals surface area contributed by atoms with Crippen molar-refractivity contribution in [1.82, 2.24) is 0 Å². The number of methoxy groups -OCH3 is 2. The Labute approximate surface area is 153 Å². The number of sulfonamides is 1. The van der Waals surface area contributed by atoms with E-state index in [1.807, 2.05) is 13.0 Å². The molecule has 0 bridgehead atoms.